The first-order valence-electron chi connectivity index (χ1n) is 8.54. The Bertz CT molecular complexity index is 842. The van der Waals surface area contributed by atoms with Crippen LogP contribution in [0.4, 0.5) is 10.7 Å². The molecule has 0 bridgehead atoms. The second-order valence-electron chi connectivity index (χ2n) is 8.53. The Hall–Kier alpha value is -1.80. The highest BCUT2D eigenvalue weighted by Gasteiger charge is 2.18. The Morgan fingerprint density at radius 1 is 0.750 bits per heavy atom. The van der Waals surface area contributed by atoms with E-state index in [1.165, 1.54) is 26.9 Å². The molecule has 2 heteroatoms. The second-order valence-corrected chi connectivity index (χ2v) is 9.41. The highest BCUT2D eigenvalue weighted by molar-refractivity contribution is 7.16. The van der Waals surface area contributed by atoms with E-state index >= 15 is 0 Å². The lowest BCUT2D eigenvalue weighted by Crippen LogP contribution is -2.11. The minimum Gasteiger partial charge on any atom is -0.347 e. The highest BCUT2D eigenvalue weighted by Crippen LogP contribution is 2.39. The summed E-state index contributed by atoms with van der Waals surface area (Å²) in [6.07, 6.45) is 0. The highest BCUT2D eigenvalue weighted by atomic mass is 32.1. The van der Waals surface area contributed by atoms with Crippen molar-refractivity contribution in [1.82, 2.24) is 0 Å². The molecular weight excluding hydrogens is 310 g/mol. The van der Waals surface area contributed by atoms with Crippen molar-refractivity contribution in [2.24, 2.45) is 0 Å². The molecule has 2 aromatic carbocycles. The second kappa shape index (κ2) is 5.93. The summed E-state index contributed by atoms with van der Waals surface area (Å²) >= 11 is 1.79. The van der Waals surface area contributed by atoms with Crippen LogP contribution in [-0.4, -0.2) is 0 Å². The SMILES string of the molecule is CC(C)(C)c1ccc(Nc2scc3c(C(C)(C)C)cccc23)cc1. The van der Waals surface area contributed by atoms with E-state index in [2.05, 4.69) is 94.7 Å². The van der Waals surface area contributed by atoms with Gasteiger partial charge in [0.2, 0.25) is 0 Å². The quantitative estimate of drug-likeness (QED) is 0.519. The van der Waals surface area contributed by atoms with E-state index < -0.39 is 0 Å². The van der Waals surface area contributed by atoms with Gasteiger partial charge in [-0.05, 0) is 39.5 Å². The first kappa shape index (κ1) is 17.0. The molecule has 1 nitrogen and oxygen atoms in total. The van der Waals surface area contributed by atoms with Gasteiger partial charge in [-0.1, -0.05) is 71.9 Å². The summed E-state index contributed by atoms with van der Waals surface area (Å²) in [6.45, 7) is 13.6. The molecule has 0 saturated carbocycles. The van der Waals surface area contributed by atoms with E-state index in [4.69, 9.17) is 0 Å². The molecule has 0 saturated heterocycles. The van der Waals surface area contributed by atoms with Crippen LogP contribution in [0.2, 0.25) is 0 Å². The van der Waals surface area contributed by atoms with Crippen LogP contribution in [0.5, 0.6) is 0 Å². The van der Waals surface area contributed by atoms with Gasteiger partial charge in [0.05, 0.1) is 0 Å². The standard InChI is InChI=1S/C22H27NS/c1-21(2,3)15-10-12-16(13-11-15)23-20-17-8-7-9-19(22(4,5)6)18(17)14-24-20/h7-14,23H,1-6H3. The lowest BCUT2D eigenvalue weighted by atomic mass is 9.85. The van der Waals surface area contributed by atoms with E-state index in [0.29, 0.717) is 0 Å². The van der Waals surface area contributed by atoms with Gasteiger partial charge in [-0.3, -0.25) is 0 Å². The van der Waals surface area contributed by atoms with Crippen molar-refractivity contribution < 1.29 is 0 Å². The molecular formula is C22H27NS. The fourth-order valence-corrected chi connectivity index (χ4v) is 3.98. The van der Waals surface area contributed by atoms with Crippen LogP contribution in [0.1, 0.15) is 52.7 Å². The summed E-state index contributed by atoms with van der Waals surface area (Å²) in [5.41, 5.74) is 4.27. The summed E-state index contributed by atoms with van der Waals surface area (Å²) < 4.78 is 0. The van der Waals surface area contributed by atoms with E-state index in [1.807, 2.05) is 0 Å². The molecule has 1 aromatic heterocycles. The predicted molar refractivity (Wildman–Crippen MR) is 109 cm³/mol. The number of benzene rings is 2. The third-order valence-corrected chi connectivity index (χ3v) is 5.37. The fourth-order valence-electron chi connectivity index (χ4n) is 3.01. The number of thiophene rings is 1. The molecule has 126 valence electrons. The van der Waals surface area contributed by atoms with Crippen LogP contribution in [0.25, 0.3) is 10.8 Å². The van der Waals surface area contributed by atoms with Crippen LogP contribution < -0.4 is 5.32 Å². The Kier molecular flexibility index (Phi) is 4.21. The van der Waals surface area contributed by atoms with Crippen molar-refractivity contribution in [1.29, 1.82) is 0 Å². The Morgan fingerprint density at radius 3 is 2.00 bits per heavy atom. The Morgan fingerprint density at radius 2 is 1.42 bits per heavy atom. The topological polar surface area (TPSA) is 12.0 Å². The molecule has 0 aliphatic heterocycles. The van der Waals surface area contributed by atoms with Crippen molar-refractivity contribution in [2.45, 2.75) is 52.4 Å². The summed E-state index contributed by atoms with van der Waals surface area (Å²) in [4.78, 5) is 0. The van der Waals surface area contributed by atoms with Gasteiger partial charge in [0.1, 0.15) is 5.00 Å². The Balaban J connectivity index is 1.94. The summed E-state index contributed by atoms with van der Waals surface area (Å²) in [6, 6.07) is 15.4. The number of fused-ring (bicyclic) bond motifs is 1. The average molecular weight is 338 g/mol. The van der Waals surface area contributed by atoms with Gasteiger partial charge in [-0.2, -0.15) is 0 Å². The molecule has 0 radical (unpaired) electrons. The largest absolute Gasteiger partial charge is 0.347 e. The monoisotopic (exact) mass is 337 g/mol. The maximum absolute atomic E-state index is 3.60. The van der Waals surface area contributed by atoms with Gasteiger partial charge in [-0.25, -0.2) is 0 Å². The minimum atomic E-state index is 0.159. The van der Waals surface area contributed by atoms with Crippen molar-refractivity contribution in [2.75, 3.05) is 5.32 Å². The molecule has 0 amide bonds. The predicted octanol–water partition coefficient (Wildman–Crippen LogP) is 7.24. The maximum Gasteiger partial charge on any atom is 0.101 e. The van der Waals surface area contributed by atoms with Crippen molar-refractivity contribution in [3.05, 3.63) is 59.0 Å². The van der Waals surface area contributed by atoms with Gasteiger partial charge >= 0.3 is 0 Å². The van der Waals surface area contributed by atoms with E-state index in [9.17, 15) is 0 Å². The normalized spacial score (nSPS) is 12.6. The minimum absolute atomic E-state index is 0.159. The van der Waals surface area contributed by atoms with Crippen molar-refractivity contribution in [3.63, 3.8) is 0 Å². The molecule has 24 heavy (non-hydrogen) atoms. The van der Waals surface area contributed by atoms with Crippen LogP contribution in [0, 0.1) is 0 Å². The zero-order valence-corrected chi connectivity index (χ0v) is 16.3. The molecule has 0 atom stereocenters. The van der Waals surface area contributed by atoms with Crippen molar-refractivity contribution in [3.8, 4) is 0 Å². The van der Waals surface area contributed by atoms with Gasteiger partial charge in [-0.15, -0.1) is 11.3 Å². The van der Waals surface area contributed by atoms with E-state index in [1.54, 1.807) is 11.3 Å². The lowest BCUT2D eigenvalue weighted by Gasteiger charge is -2.20. The third-order valence-electron chi connectivity index (χ3n) is 4.46. The number of nitrogens with one attached hydrogen (secondary N) is 1. The van der Waals surface area contributed by atoms with Crippen LogP contribution in [0.3, 0.4) is 0 Å². The molecule has 3 rings (SSSR count). The van der Waals surface area contributed by atoms with Crippen LogP contribution in [0.15, 0.2) is 47.8 Å². The Labute approximate surface area is 149 Å². The molecule has 0 fully saturated rings. The number of hydrogen-bond acceptors (Lipinski definition) is 2. The zero-order chi connectivity index (χ0) is 17.5. The number of anilines is 2. The van der Waals surface area contributed by atoms with Gasteiger partial charge < -0.3 is 5.32 Å². The molecule has 1 N–H and O–H groups in total. The van der Waals surface area contributed by atoms with Gasteiger partial charge in [0.25, 0.3) is 0 Å². The average Bonchev–Trinajstić information content (AvgIpc) is 2.89. The molecule has 0 unspecified atom stereocenters. The molecule has 0 spiro atoms. The van der Waals surface area contributed by atoms with Gasteiger partial charge in [0, 0.05) is 16.5 Å². The van der Waals surface area contributed by atoms with Crippen molar-refractivity contribution >= 4 is 32.8 Å². The first-order valence-corrected chi connectivity index (χ1v) is 9.42. The fraction of sp³-hybridized carbons (Fsp3) is 0.364. The number of rotatable bonds is 2. The molecule has 3 aromatic rings. The summed E-state index contributed by atoms with van der Waals surface area (Å²) in [5, 5.41) is 9.78. The van der Waals surface area contributed by atoms with Crippen LogP contribution >= 0.6 is 11.3 Å². The maximum atomic E-state index is 3.60. The smallest absolute Gasteiger partial charge is 0.101 e. The van der Waals surface area contributed by atoms with E-state index in [0.717, 1.165) is 5.69 Å². The first-order chi connectivity index (χ1) is 11.2. The third kappa shape index (κ3) is 3.34. The summed E-state index contributed by atoms with van der Waals surface area (Å²) in [5.74, 6) is 0. The van der Waals surface area contributed by atoms with Crippen LogP contribution in [-0.2, 0) is 10.8 Å². The molecule has 0 aliphatic rings. The number of hydrogen-bond donors (Lipinski definition) is 1. The zero-order valence-electron chi connectivity index (χ0n) is 15.5. The molecule has 1 heterocycles. The lowest BCUT2D eigenvalue weighted by molar-refractivity contribution is 0.590. The summed E-state index contributed by atoms with van der Waals surface area (Å²) in [7, 11) is 0. The molecule has 0 aliphatic carbocycles. The van der Waals surface area contributed by atoms with E-state index in [-0.39, 0.29) is 10.8 Å². The van der Waals surface area contributed by atoms with Gasteiger partial charge in [0.15, 0.2) is 0 Å².